The molecular formula is C16H13FN2O4S2. The molecule has 0 aliphatic carbocycles. The summed E-state index contributed by atoms with van der Waals surface area (Å²) in [6.07, 6.45) is 0. The number of halogens is 1. The molecule has 0 saturated heterocycles. The summed E-state index contributed by atoms with van der Waals surface area (Å²) < 4.78 is 43.2. The van der Waals surface area contributed by atoms with Crippen LogP contribution in [0, 0.1) is 5.82 Å². The summed E-state index contributed by atoms with van der Waals surface area (Å²) in [7, 11) is -2.31. The van der Waals surface area contributed by atoms with Crippen LogP contribution in [0.3, 0.4) is 0 Å². The van der Waals surface area contributed by atoms with Crippen LogP contribution < -0.4 is 10.1 Å². The van der Waals surface area contributed by atoms with E-state index < -0.39 is 27.3 Å². The first kappa shape index (κ1) is 17.3. The van der Waals surface area contributed by atoms with E-state index in [4.69, 9.17) is 4.74 Å². The number of sulfone groups is 1. The van der Waals surface area contributed by atoms with Crippen LogP contribution in [0.5, 0.6) is 5.75 Å². The van der Waals surface area contributed by atoms with Crippen LogP contribution >= 0.6 is 11.3 Å². The number of thiazole rings is 1. The summed E-state index contributed by atoms with van der Waals surface area (Å²) in [5.41, 5.74) is 0.669. The maximum Gasteiger partial charge on any atom is 0.241 e. The number of anilines is 1. The van der Waals surface area contributed by atoms with Gasteiger partial charge in [0.15, 0.2) is 15.0 Å². The van der Waals surface area contributed by atoms with Crippen molar-refractivity contribution in [3.8, 4) is 5.75 Å². The summed E-state index contributed by atoms with van der Waals surface area (Å²) in [5.74, 6) is -1.35. The van der Waals surface area contributed by atoms with Gasteiger partial charge in [0.05, 0.1) is 22.2 Å². The molecule has 130 valence electrons. The van der Waals surface area contributed by atoms with Gasteiger partial charge in [-0.2, -0.15) is 0 Å². The van der Waals surface area contributed by atoms with Gasteiger partial charge in [-0.3, -0.25) is 4.79 Å². The van der Waals surface area contributed by atoms with Crippen molar-refractivity contribution in [3.63, 3.8) is 0 Å². The first-order chi connectivity index (χ1) is 11.9. The van der Waals surface area contributed by atoms with Gasteiger partial charge >= 0.3 is 0 Å². The van der Waals surface area contributed by atoms with Crippen LogP contribution in [0.2, 0.25) is 0 Å². The average molecular weight is 380 g/mol. The van der Waals surface area contributed by atoms with Crippen molar-refractivity contribution >= 4 is 42.4 Å². The van der Waals surface area contributed by atoms with Crippen molar-refractivity contribution < 1.29 is 22.3 Å². The lowest BCUT2D eigenvalue weighted by Crippen LogP contribution is -2.22. The highest BCUT2D eigenvalue weighted by atomic mass is 32.2. The number of ether oxygens (including phenoxy) is 1. The molecule has 0 aliphatic rings. The number of rotatable bonds is 5. The summed E-state index contributed by atoms with van der Waals surface area (Å²) in [6, 6.07) is 9.58. The maximum atomic E-state index is 12.9. The standard InChI is InChI=1S/C16H13FN2O4S2/c1-23-11-4-7-13-14(8-11)24-16(18-13)19-15(20)9-25(21,22)12-5-2-10(17)3-6-12/h2-8H,9H2,1H3,(H,18,19,20). The van der Waals surface area contributed by atoms with Gasteiger partial charge in [-0.05, 0) is 42.5 Å². The number of carbonyl (C=O) groups excluding carboxylic acids is 1. The van der Waals surface area contributed by atoms with Gasteiger partial charge in [0.25, 0.3) is 0 Å². The Morgan fingerprint density at radius 1 is 1.24 bits per heavy atom. The monoisotopic (exact) mass is 380 g/mol. The number of nitrogens with one attached hydrogen (secondary N) is 1. The highest BCUT2D eigenvalue weighted by Gasteiger charge is 2.20. The van der Waals surface area contributed by atoms with Crippen molar-refractivity contribution in [1.82, 2.24) is 4.98 Å². The lowest BCUT2D eigenvalue weighted by atomic mass is 10.3. The van der Waals surface area contributed by atoms with Crippen LogP contribution in [0.15, 0.2) is 47.4 Å². The predicted molar refractivity (Wildman–Crippen MR) is 93.3 cm³/mol. The lowest BCUT2D eigenvalue weighted by molar-refractivity contribution is -0.113. The second-order valence-corrected chi connectivity index (χ2v) is 8.13. The minimum atomic E-state index is -3.86. The summed E-state index contributed by atoms with van der Waals surface area (Å²) in [4.78, 5) is 16.2. The van der Waals surface area contributed by atoms with Crippen molar-refractivity contribution in [2.24, 2.45) is 0 Å². The number of hydrogen-bond donors (Lipinski definition) is 1. The number of aromatic nitrogens is 1. The number of hydrogen-bond acceptors (Lipinski definition) is 6. The lowest BCUT2D eigenvalue weighted by Gasteiger charge is -2.04. The third-order valence-corrected chi connectivity index (χ3v) is 5.90. The summed E-state index contributed by atoms with van der Waals surface area (Å²) in [5, 5.41) is 2.77. The van der Waals surface area contributed by atoms with Gasteiger partial charge < -0.3 is 10.1 Å². The predicted octanol–water partition coefficient (Wildman–Crippen LogP) is 2.86. The van der Waals surface area contributed by atoms with Crippen LogP contribution in [0.4, 0.5) is 9.52 Å². The largest absolute Gasteiger partial charge is 0.497 e. The van der Waals surface area contributed by atoms with E-state index in [1.807, 2.05) is 0 Å². The van der Waals surface area contributed by atoms with Gasteiger partial charge in [-0.1, -0.05) is 11.3 Å². The fraction of sp³-hybridized carbons (Fsp3) is 0.125. The van der Waals surface area contributed by atoms with E-state index in [-0.39, 0.29) is 4.90 Å². The van der Waals surface area contributed by atoms with E-state index >= 15 is 0 Å². The van der Waals surface area contributed by atoms with E-state index in [2.05, 4.69) is 10.3 Å². The fourth-order valence-corrected chi connectivity index (χ4v) is 4.18. The smallest absolute Gasteiger partial charge is 0.241 e. The Morgan fingerprint density at radius 3 is 2.64 bits per heavy atom. The van der Waals surface area contributed by atoms with E-state index in [1.54, 1.807) is 25.3 Å². The zero-order chi connectivity index (χ0) is 18.0. The van der Waals surface area contributed by atoms with E-state index in [1.165, 1.54) is 11.3 Å². The number of methoxy groups -OCH3 is 1. The van der Waals surface area contributed by atoms with E-state index in [0.717, 1.165) is 29.0 Å². The number of benzene rings is 2. The van der Waals surface area contributed by atoms with Crippen molar-refractivity contribution in [3.05, 3.63) is 48.3 Å². The zero-order valence-electron chi connectivity index (χ0n) is 13.0. The van der Waals surface area contributed by atoms with Crippen LogP contribution in [0.1, 0.15) is 0 Å². The Morgan fingerprint density at radius 2 is 1.96 bits per heavy atom. The van der Waals surface area contributed by atoms with E-state index in [9.17, 15) is 17.6 Å². The molecule has 1 amide bonds. The Kier molecular flexibility index (Phi) is 4.69. The SMILES string of the molecule is COc1ccc2nc(NC(=O)CS(=O)(=O)c3ccc(F)cc3)sc2c1. The fourth-order valence-electron chi connectivity index (χ4n) is 2.14. The number of nitrogens with zero attached hydrogens (tertiary/aromatic N) is 1. The van der Waals surface area contributed by atoms with Crippen molar-refractivity contribution in [1.29, 1.82) is 0 Å². The molecule has 3 aromatic rings. The molecule has 0 bridgehead atoms. The highest BCUT2D eigenvalue weighted by molar-refractivity contribution is 7.92. The molecule has 1 heterocycles. The molecular weight excluding hydrogens is 367 g/mol. The quantitative estimate of drug-likeness (QED) is 0.688. The molecule has 0 fully saturated rings. The van der Waals surface area contributed by atoms with Gasteiger partial charge in [0.2, 0.25) is 5.91 Å². The number of fused-ring (bicyclic) bond motifs is 1. The van der Waals surface area contributed by atoms with Crippen LogP contribution in [-0.2, 0) is 14.6 Å². The molecule has 0 unspecified atom stereocenters. The highest BCUT2D eigenvalue weighted by Crippen LogP contribution is 2.29. The molecule has 1 aromatic heterocycles. The summed E-state index contributed by atoms with van der Waals surface area (Å²) >= 11 is 1.21. The topological polar surface area (TPSA) is 85.4 Å². The van der Waals surface area contributed by atoms with Gasteiger partial charge in [0, 0.05) is 0 Å². The zero-order valence-corrected chi connectivity index (χ0v) is 14.7. The molecule has 3 rings (SSSR count). The molecule has 0 saturated carbocycles. The van der Waals surface area contributed by atoms with E-state index in [0.29, 0.717) is 16.4 Å². The first-order valence-corrected chi connectivity index (χ1v) is 9.57. The van der Waals surface area contributed by atoms with Gasteiger partial charge in [0.1, 0.15) is 17.3 Å². The molecule has 1 N–H and O–H groups in total. The Bertz CT molecular complexity index is 1030. The second kappa shape index (κ2) is 6.77. The minimum Gasteiger partial charge on any atom is -0.497 e. The molecule has 6 nitrogen and oxygen atoms in total. The molecule has 0 spiro atoms. The Balaban J connectivity index is 1.74. The molecule has 9 heteroatoms. The normalized spacial score (nSPS) is 11.4. The molecule has 0 radical (unpaired) electrons. The van der Waals surface area contributed by atoms with Crippen molar-refractivity contribution in [2.45, 2.75) is 4.90 Å². The van der Waals surface area contributed by atoms with Gasteiger partial charge in [-0.25, -0.2) is 17.8 Å². The average Bonchev–Trinajstić information content (AvgIpc) is 2.95. The van der Waals surface area contributed by atoms with Gasteiger partial charge in [-0.15, -0.1) is 0 Å². The second-order valence-electron chi connectivity index (χ2n) is 5.11. The third kappa shape index (κ3) is 3.94. The van der Waals surface area contributed by atoms with Crippen LogP contribution in [0.25, 0.3) is 10.2 Å². The Hall–Kier alpha value is -2.52. The molecule has 0 atom stereocenters. The molecule has 0 aliphatic heterocycles. The number of carbonyl (C=O) groups is 1. The summed E-state index contributed by atoms with van der Waals surface area (Å²) in [6.45, 7) is 0. The Labute approximate surface area is 147 Å². The third-order valence-electron chi connectivity index (χ3n) is 3.34. The van der Waals surface area contributed by atoms with Crippen LogP contribution in [-0.4, -0.2) is 32.2 Å². The molecule has 25 heavy (non-hydrogen) atoms. The first-order valence-electron chi connectivity index (χ1n) is 7.10. The minimum absolute atomic E-state index is 0.113. The molecule has 2 aromatic carbocycles. The van der Waals surface area contributed by atoms with Crippen molar-refractivity contribution in [2.75, 3.05) is 18.2 Å². The number of amides is 1. The maximum absolute atomic E-state index is 12.9.